The van der Waals surface area contributed by atoms with Crippen LogP contribution in [0.2, 0.25) is 0 Å². The topological polar surface area (TPSA) is 37.3 Å². The van der Waals surface area contributed by atoms with Crippen LogP contribution in [0.15, 0.2) is 30.3 Å². The maximum atomic E-state index is 12.1. The molecule has 1 N–H and O–H groups in total. The van der Waals surface area contributed by atoms with Gasteiger partial charge >= 0.3 is 0 Å². The van der Waals surface area contributed by atoms with Gasteiger partial charge in [0.1, 0.15) is 0 Å². The van der Waals surface area contributed by atoms with Gasteiger partial charge in [-0.2, -0.15) is 0 Å². The van der Waals surface area contributed by atoms with Crippen molar-refractivity contribution in [1.82, 2.24) is 0 Å². The number of unbranched alkanes of at least 4 members (excludes halogenated alkanes) is 5. The Bertz CT molecular complexity index is 348. The Morgan fingerprint density at radius 3 is 2.24 bits per heavy atom. The summed E-state index contributed by atoms with van der Waals surface area (Å²) in [6.07, 6.45) is 7.28. The summed E-state index contributed by atoms with van der Waals surface area (Å²) in [7, 11) is -3.10. The minimum Gasteiger partial charge on any atom is -0.341 e. The number of hydrogen-bond acceptors (Lipinski definition) is 1. The summed E-state index contributed by atoms with van der Waals surface area (Å²) in [5, 5.41) is 0.591. The molecule has 2 nitrogen and oxygen atoms in total. The van der Waals surface area contributed by atoms with E-state index in [9.17, 15) is 9.46 Å². The molecule has 1 aromatic rings. The number of rotatable bonds is 8. The van der Waals surface area contributed by atoms with Gasteiger partial charge in [-0.3, -0.25) is 4.57 Å². The van der Waals surface area contributed by atoms with Crippen LogP contribution < -0.4 is 5.30 Å². The molecule has 96 valence electrons. The van der Waals surface area contributed by atoms with E-state index in [1.165, 1.54) is 25.7 Å². The summed E-state index contributed by atoms with van der Waals surface area (Å²) >= 11 is 0. The third-order valence-corrected chi connectivity index (χ3v) is 5.00. The van der Waals surface area contributed by atoms with Crippen LogP contribution in [0.25, 0.3) is 0 Å². The Balaban J connectivity index is 2.28. The van der Waals surface area contributed by atoms with Crippen LogP contribution >= 0.6 is 7.37 Å². The molecule has 0 heterocycles. The lowest BCUT2D eigenvalue weighted by atomic mass is 10.1. The van der Waals surface area contributed by atoms with Crippen LogP contribution in [0.4, 0.5) is 0 Å². The lowest BCUT2D eigenvalue weighted by molar-refractivity contribution is 0.485. The van der Waals surface area contributed by atoms with E-state index in [0.717, 1.165) is 12.8 Å². The Morgan fingerprint density at radius 1 is 1.00 bits per heavy atom. The van der Waals surface area contributed by atoms with Gasteiger partial charge in [-0.15, -0.1) is 0 Å². The van der Waals surface area contributed by atoms with E-state index in [2.05, 4.69) is 6.92 Å². The normalized spacial score (nSPS) is 14.5. The summed E-state index contributed by atoms with van der Waals surface area (Å²) in [4.78, 5) is 9.94. The van der Waals surface area contributed by atoms with Crippen LogP contribution in [0, 0.1) is 0 Å². The minimum atomic E-state index is -3.10. The summed E-state index contributed by atoms with van der Waals surface area (Å²) in [6.45, 7) is 2.19. The van der Waals surface area contributed by atoms with Gasteiger partial charge in [0.05, 0.1) is 0 Å². The Hall–Kier alpha value is -0.590. The van der Waals surface area contributed by atoms with E-state index in [1.807, 2.05) is 18.2 Å². The Morgan fingerprint density at radius 2 is 1.59 bits per heavy atom. The molecule has 3 heteroatoms. The van der Waals surface area contributed by atoms with E-state index >= 15 is 0 Å². The van der Waals surface area contributed by atoms with Crippen LogP contribution in [0.3, 0.4) is 0 Å². The molecule has 0 fully saturated rings. The standard InChI is InChI=1S/C14H23O2P/c1-2-3-4-5-6-10-13-17(15,16)14-11-8-7-9-12-14/h7-9,11-12H,2-6,10,13H2,1H3,(H,15,16). The Labute approximate surface area is 105 Å². The lowest BCUT2D eigenvalue weighted by Crippen LogP contribution is -2.06. The van der Waals surface area contributed by atoms with Gasteiger partial charge < -0.3 is 4.89 Å². The van der Waals surface area contributed by atoms with Crippen molar-refractivity contribution < 1.29 is 9.46 Å². The van der Waals surface area contributed by atoms with Gasteiger partial charge in [0.15, 0.2) is 0 Å². The fourth-order valence-electron chi connectivity index (χ4n) is 1.90. The minimum absolute atomic E-state index is 0.420. The second kappa shape index (κ2) is 7.68. The molecule has 1 atom stereocenters. The van der Waals surface area contributed by atoms with E-state index in [1.54, 1.807) is 12.1 Å². The summed E-state index contributed by atoms with van der Waals surface area (Å²) < 4.78 is 12.1. The molecule has 0 bridgehead atoms. The second-order valence-electron chi connectivity index (χ2n) is 4.53. The zero-order valence-corrected chi connectivity index (χ0v) is 11.5. The molecule has 1 rings (SSSR count). The zero-order valence-electron chi connectivity index (χ0n) is 10.6. The molecule has 0 radical (unpaired) electrons. The first-order chi connectivity index (χ1) is 8.17. The fourth-order valence-corrected chi connectivity index (χ4v) is 3.44. The van der Waals surface area contributed by atoms with Crippen LogP contribution in [0.5, 0.6) is 0 Å². The molecular weight excluding hydrogens is 231 g/mol. The smallest absolute Gasteiger partial charge is 0.229 e. The molecule has 1 unspecified atom stereocenters. The largest absolute Gasteiger partial charge is 0.341 e. The second-order valence-corrected chi connectivity index (χ2v) is 6.90. The average molecular weight is 254 g/mol. The highest BCUT2D eigenvalue weighted by atomic mass is 31.2. The predicted octanol–water partition coefficient (Wildman–Crippen LogP) is 3.94. The van der Waals surface area contributed by atoms with E-state index in [-0.39, 0.29) is 0 Å². The van der Waals surface area contributed by atoms with Gasteiger partial charge in [-0.05, 0) is 18.6 Å². The van der Waals surface area contributed by atoms with Crippen molar-refractivity contribution >= 4 is 12.7 Å². The molecule has 0 saturated carbocycles. The van der Waals surface area contributed by atoms with Crippen LogP contribution in [0.1, 0.15) is 45.4 Å². The monoisotopic (exact) mass is 254 g/mol. The highest BCUT2D eigenvalue weighted by molar-refractivity contribution is 7.66. The third-order valence-electron chi connectivity index (χ3n) is 2.97. The molecular formula is C14H23O2P. The van der Waals surface area contributed by atoms with Crippen LogP contribution in [-0.2, 0) is 4.57 Å². The molecule has 0 saturated heterocycles. The van der Waals surface area contributed by atoms with E-state index in [0.29, 0.717) is 11.5 Å². The van der Waals surface area contributed by atoms with Crippen molar-refractivity contribution in [2.45, 2.75) is 45.4 Å². The van der Waals surface area contributed by atoms with Gasteiger partial charge in [0.2, 0.25) is 7.37 Å². The van der Waals surface area contributed by atoms with E-state index in [4.69, 9.17) is 0 Å². The van der Waals surface area contributed by atoms with Gasteiger partial charge in [-0.1, -0.05) is 57.2 Å². The lowest BCUT2D eigenvalue weighted by Gasteiger charge is -2.11. The molecule has 0 amide bonds. The first-order valence-electron chi connectivity index (χ1n) is 6.54. The first kappa shape index (κ1) is 14.5. The molecule has 17 heavy (non-hydrogen) atoms. The SMILES string of the molecule is CCCCCCCCP(=O)(O)c1ccccc1. The molecule has 0 aliphatic rings. The third kappa shape index (κ3) is 5.52. The van der Waals surface area contributed by atoms with Crippen molar-refractivity contribution in [2.75, 3.05) is 6.16 Å². The van der Waals surface area contributed by atoms with Crippen molar-refractivity contribution in [3.8, 4) is 0 Å². The molecule has 0 aliphatic heterocycles. The molecule has 0 aliphatic carbocycles. The summed E-state index contributed by atoms with van der Waals surface area (Å²) in [5.41, 5.74) is 0. The maximum Gasteiger partial charge on any atom is 0.229 e. The van der Waals surface area contributed by atoms with E-state index < -0.39 is 7.37 Å². The van der Waals surface area contributed by atoms with Crippen molar-refractivity contribution in [1.29, 1.82) is 0 Å². The number of hydrogen-bond donors (Lipinski definition) is 1. The van der Waals surface area contributed by atoms with Gasteiger partial charge in [0.25, 0.3) is 0 Å². The first-order valence-corrected chi connectivity index (χ1v) is 8.39. The maximum absolute atomic E-state index is 12.1. The predicted molar refractivity (Wildman–Crippen MR) is 74.1 cm³/mol. The summed E-state index contributed by atoms with van der Waals surface area (Å²) in [5.74, 6) is 0. The Kier molecular flexibility index (Phi) is 6.54. The fraction of sp³-hybridized carbons (Fsp3) is 0.571. The molecule has 1 aromatic carbocycles. The van der Waals surface area contributed by atoms with Crippen molar-refractivity contribution in [2.24, 2.45) is 0 Å². The van der Waals surface area contributed by atoms with Crippen molar-refractivity contribution in [3.63, 3.8) is 0 Å². The molecule has 0 aromatic heterocycles. The van der Waals surface area contributed by atoms with Crippen LogP contribution in [-0.4, -0.2) is 11.1 Å². The summed E-state index contributed by atoms with van der Waals surface area (Å²) in [6, 6.07) is 9.00. The van der Waals surface area contributed by atoms with Crippen molar-refractivity contribution in [3.05, 3.63) is 30.3 Å². The highest BCUT2D eigenvalue weighted by Gasteiger charge is 2.19. The van der Waals surface area contributed by atoms with Gasteiger partial charge in [-0.25, -0.2) is 0 Å². The highest BCUT2D eigenvalue weighted by Crippen LogP contribution is 2.40. The van der Waals surface area contributed by atoms with Gasteiger partial charge in [0, 0.05) is 11.5 Å². The quantitative estimate of drug-likeness (QED) is 0.563. The average Bonchev–Trinajstić information content (AvgIpc) is 2.35. The zero-order chi connectivity index (χ0) is 12.6. The number of benzene rings is 1. The molecule has 0 spiro atoms.